The van der Waals surface area contributed by atoms with Gasteiger partial charge in [-0.2, -0.15) is 5.10 Å². The molecule has 5 heteroatoms. The van der Waals surface area contributed by atoms with Crippen LogP contribution < -0.4 is 5.32 Å². The van der Waals surface area contributed by atoms with Crippen LogP contribution in [-0.2, 0) is 13.1 Å². The molecule has 1 aromatic carbocycles. The van der Waals surface area contributed by atoms with Gasteiger partial charge in [0.05, 0.1) is 12.7 Å². The zero-order chi connectivity index (χ0) is 13.2. The van der Waals surface area contributed by atoms with E-state index in [1.54, 1.807) is 6.07 Å². The topological polar surface area (TPSA) is 29.9 Å². The van der Waals surface area contributed by atoms with E-state index in [0.29, 0.717) is 12.6 Å². The van der Waals surface area contributed by atoms with E-state index in [0.717, 1.165) is 16.6 Å². The van der Waals surface area contributed by atoms with Gasteiger partial charge in [-0.15, -0.1) is 0 Å². The molecular formula is C14H15BrFN3. The summed E-state index contributed by atoms with van der Waals surface area (Å²) in [6.45, 7) is 1.43. The van der Waals surface area contributed by atoms with Crippen molar-refractivity contribution in [3.8, 4) is 0 Å². The molecule has 3 nitrogen and oxygen atoms in total. The Labute approximate surface area is 119 Å². The van der Waals surface area contributed by atoms with Crippen molar-refractivity contribution in [1.82, 2.24) is 15.1 Å². The summed E-state index contributed by atoms with van der Waals surface area (Å²) in [7, 11) is 0. The average Bonchev–Trinajstić information content (AvgIpc) is 3.12. The highest BCUT2D eigenvalue weighted by Gasteiger charge is 2.20. The Kier molecular flexibility index (Phi) is 3.66. The maximum atomic E-state index is 13.2. The second-order valence-electron chi connectivity index (χ2n) is 4.94. The van der Waals surface area contributed by atoms with Gasteiger partial charge in [0.15, 0.2) is 0 Å². The molecule has 0 spiro atoms. The normalized spacial score (nSPS) is 14.8. The smallest absolute Gasteiger partial charge is 0.123 e. The molecule has 19 heavy (non-hydrogen) atoms. The first-order chi connectivity index (χ1) is 9.20. The van der Waals surface area contributed by atoms with Crippen LogP contribution in [0.25, 0.3) is 0 Å². The van der Waals surface area contributed by atoms with Gasteiger partial charge < -0.3 is 5.32 Å². The second kappa shape index (κ2) is 5.43. The highest BCUT2D eigenvalue weighted by atomic mass is 79.9. The predicted molar refractivity (Wildman–Crippen MR) is 75.3 cm³/mol. The first-order valence-corrected chi connectivity index (χ1v) is 7.18. The van der Waals surface area contributed by atoms with Gasteiger partial charge in [0.25, 0.3) is 0 Å². The molecule has 1 aliphatic carbocycles. The Balaban J connectivity index is 1.66. The van der Waals surface area contributed by atoms with Gasteiger partial charge in [0, 0.05) is 28.8 Å². The van der Waals surface area contributed by atoms with Gasteiger partial charge in [-0.1, -0.05) is 15.9 Å². The molecular weight excluding hydrogens is 309 g/mol. The van der Waals surface area contributed by atoms with Crippen molar-refractivity contribution in [3.63, 3.8) is 0 Å². The van der Waals surface area contributed by atoms with Crippen LogP contribution in [0.15, 0.2) is 35.1 Å². The third-order valence-electron chi connectivity index (χ3n) is 3.20. The minimum atomic E-state index is -0.221. The Morgan fingerprint density at radius 2 is 2.26 bits per heavy atom. The third-order valence-corrected chi connectivity index (χ3v) is 3.97. The molecule has 0 aliphatic heterocycles. The van der Waals surface area contributed by atoms with Gasteiger partial charge in [-0.05, 0) is 36.6 Å². The van der Waals surface area contributed by atoms with E-state index in [9.17, 15) is 4.39 Å². The monoisotopic (exact) mass is 323 g/mol. The number of hydrogen-bond acceptors (Lipinski definition) is 2. The van der Waals surface area contributed by atoms with Crippen LogP contribution in [0.4, 0.5) is 4.39 Å². The number of nitrogens with zero attached hydrogens (tertiary/aromatic N) is 2. The molecule has 1 aromatic heterocycles. The molecule has 1 saturated carbocycles. The number of halogens is 2. The van der Waals surface area contributed by atoms with Crippen molar-refractivity contribution in [2.75, 3.05) is 0 Å². The van der Waals surface area contributed by atoms with Gasteiger partial charge in [-0.25, -0.2) is 4.39 Å². The number of nitrogens with one attached hydrogen (secondary N) is 1. The van der Waals surface area contributed by atoms with Gasteiger partial charge in [-0.3, -0.25) is 4.68 Å². The average molecular weight is 324 g/mol. The lowest BCUT2D eigenvalue weighted by molar-refractivity contribution is 0.618. The van der Waals surface area contributed by atoms with E-state index < -0.39 is 0 Å². The number of hydrogen-bond donors (Lipinski definition) is 1. The molecule has 2 aromatic rings. The standard InChI is InChI=1S/C14H15BrFN3/c15-14-4-1-12(16)5-11(14)9-19-8-10(7-18-19)6-17-13-2-3-13/h1,4-5,7-8,13,17H,2-3,6,9H2. The highest BCUT2D eigenvalue weighted by Crippen LogP contribution is 2.20. The Morgan fingerprint density at radius 1 is 1.42 bits per heavy atom. The first-order valence-electron chi connectivity index (χ1n) is 6.39. The molecule has 0 amide bonds. The van der Waals surface area contributed by atoms with E-state index in [1.165, 1.54) is 30.5 Å². The third kappa shape index (κ3) is 3.42. The van der Waals surface area contributed by atoms with Crippen LogP contribution in [0.2, 0.25) is 0 Å². The molecule has 0 radical (unpaired) electrons. The maximum Gasteiger partial charge on any atom is 0.123 e. The predicted octanol–water partition coefficient (Wildman–Crippen LogP) is 3.09. The Morgan fingerprint density at radius 3 is 3.05 bits per heavy atom. The van der Waals surface area contributed by atoms with E-state index in [2.05, 4.69) is 26.3 Å². The van der Waals surface area contributed by atoms with E-state index in [4.69, 9.17) is 0 Å². The highest BCUT2D eigenvalue weighted by molar-refractivity contribution is 9.10. The molecule has 1 heterocycles. The molecule has 0 unspecified atom stereocenters. The molecule has 0 atom stereocenters. The summed E-state index contributed by atoms with van der Waals surface area (Å²) in [6, 6.07) is 5.40. The minimum Gasteiger partial charge on any atom is -0.310 e. The summed E-state index contributed by atoms with van der Waals surface area (Å²) in [5, 5.41) is 7.76. The number of aromatic nitrogens is 2. The molecule has 100 valence electrons. The number of benzene rings is 1. The van der Waals surface area contributed by atoms with E-state index in [1.807, 2.05) is 17.1 Å². The summed E-state index contributed by atoms with van der Waals surface area (Å²) in [4.78, 5) is 0. The van der Waals surface area contributed by atoms with Crippen molar-refractivity contribution < 1.29 is 4.39 Å². The van der Waals surface area contributed by atoms with Gasteiger partial charge in [0.2, 0.25) is 0 Å². The summed E-state index contributed by atoms with van der Waals surface area (Å²) < 4.78 is 16.0. The quantitative estimate of drug-likeness (QED) is 0.916. The molecule has 1 fully saturated rings. The van der Waals surface area contributed by atoms with Crippen molar-refractivity contribution in [2.45, 2.75) is 32.0 Å². The van der Waals surface area contributed by atoms with Crippen molar-refractivity contribution in [3.05, 3.63) is 52.0 Å². The van der Waals surface area contributed by atoms with Crippen LogP contribution >= 0.6 is 15.9 Å². The maximum absolute atomic E-state index is 13.2. The summed E-state index contributed by atoms with van der Waals surface area (Å²) in [6.07, 6.45) is 6.43. The molecule has 1 aliphatic rings. The van der Waals surface area contributed by atoms with Crippen LogP contribution in [0.1, 0.15) is 24.0 Å². The van der Waals surface area contributed by atoms with Crippen LogP contribution in [-0.4, -0.2) is 15.8 Å². The summed E-state index contributed by atoms with van der Waals surface area (Å²) >= 11 is 3.43. The van der Waals surface area contributed by atoms with Crippen molar-refractivity contribution in [2.24, 2.45) is 0 Å². The molecule has 3 rings (SSSR count). The summed E-state index contributed by atoms with van der Waals surface area (Å²) in [5.74, 6) is -0.221. The van der Waals surface area contributed by atoms with Crippen molar-refractivity contribution >= 4 is 15.9 Å². The second-order valence-corrected chi connectivity index (χ2v) is 5.79. The molecule has 0 bridgehead atoms. The fourth-order valence-corrected chi connectivity index (χ4v) is 2.34. The van der Waals surface area contributed by atoms with E-state index in [-0.39, 0.29) is 5.82 Å². The summed E-state index contributed by atoms with van der Waals surface area (Å²) in [5.41, 5.74) is 2.06. The van der Waals surface area contributed by atoms with Crippen molar-refractivity contribution in [1.29, 1.82) is 0 Å². The lowest BCUT2D eigenvalue weighted by atomic mass is 10.2. The Bertz CT molecular complexity index is 578. The molecule has 1 N–H and O–H groups in total. The van der Waals surface area contributed by atoms with Crippen LogP contribution in [0.3, 0.4) is 0 Å². The lowest BCUT2D eigenvalue weighted by Gasteiger charge is -2.05. The van der Waals surface area contributed by atoms with Gasteiger partial charge in [0.1, 0.15) is 5.82 Å². The first kappa shape index (κ1) is 12.8. The lowest BCUT2D eigenvalue weighted by Crippen LogP contribution is -2.14. The molecule has 0 saturated heterocycles. The minimum absolute atomic E-state index is 0.221. The largest absolute Gasteiger partial charge is 0.310 e. The van der Waals surface area contributed by atoms with Gasteiger partial charge >= 0.3 is 0 Å². The fourth-order valence-electron chi connectivity index (χ4n) is 1.97. The zero-order valence-electron chi connectivity index (χ0n) is 10.4. The zero-order valence-corrected chi connectivity index (χ0v) is 12.0. The fraction of sp³-hybridized carbons (Fsp3) is 0.357. The van der Waals surface area contributed by atoms with E-state index >= 15 is 0 Å². The van der Waals surface area contributed by atoms with Crippen LogP contribution in [0.5, 0.6) is 0 Å². The van der Waals surface area contributed by atoms with Crippen LogP contribution in [0, 0.1) is 5.82 Å². The Hall–Kier alpha value is -1.20. The number of rotatable bonds is 5. The SMILES string of the molecule is Fc1ccc(Br)c(Cn2cc(CNC3CC3)cn2)c1.